The first-order valence-electron chi connectivity index (χ1n) is 11.9. The Morgan fingerprint density at radius 2 is 1.82 bits per heavy atom. The van der Waals surface area contributed by atoms with Crippen molar-refractivity contribution in [2.75, 3.05) is 20.3 Å². The van der Waals surface area contributed by atoms with Crippen LogP contribution < -0.4 is 0 Å². The SMILES string of the molecule is CC=C1[C@H](O[C@@H]2O[C@H](CO)[C@@H](O)[C@H](O)[C@H]2O)OC=C(C(=O)OC)[C@H]1CC(=O)OC[C@@H](O)c1ccc(O)c(O)c1. The zero-order valence-electron chi connectivity index (χ0n) is 21.1. The van der Waals surface area contributed by atoms with Crippen LogP contribution in [0.15, 0.2) is 41.7 Å². The van der Waals surface area contributed by atoms with Crippen molar-refractivity contribution < 1.29 is 69.0 Å². The number of aliphatic hydroxyl groups is 5. The molecule has 0 unspecified atom stereocenters. The first-order valence-corrected chi connectivity index (χ1v) is 11.9. The lowest BCUT2D eigenvalue weighted by atomic mass is 9.86. The van der Waals surface area contributed by atoms with Gasteiger partial charge in [0.25, 0.3) is 0 Å². The Kier molecular flexibility index (Phi) is 10.3. The molecule has 39 heavy (non-hydrogen) atoms. The highest BCUT2D eigenvalue weighted by Gasteiger charge is 2.46. The number of aromatic hydroxyl groups is 2. The number of rotatable bonds is 9. The molecule has 14 nitrogen and oxygen atoms in total. The molecule has 2 aliphatic heterocycles. The Morgan fingerprint density at radius 3 is 2.44 bits per heavy atom. The van der Waals surface area contributed by atoms with Crippen LogP contribution >= 0.6 is 0 Å². The van der Waals surface area contributed by atoms with Crippen molar-refractivity contribution >= 4 is 11.9 Å². The topological polar surface area (TPSA) is 222 Å². The van der Waals surface area contributed by atoms with Crippen molar-refractivity contribution in [3.05, 3.63) is 47.2 Å². The molecule has 3 rings (SSSR count). The maximum Gasteiger partial charge on any atom is 0.337 e. The zero-order chi connectivity index (χ0) is 28.9. The smallest absolute Gasteiger partial charge is 0.337 e. The second-order valence-corrected chi connectivity index (χ2v) is 8.86. The number of benzene rings is 1. The van der Waals surface area contributed by atoms with Crippen molar-refractivity contribution in [1.82, 2.24) is 0 Å². The highest BCUT2D eigenvalue weighted by Crippen LogP contribution is 2.36. The predicted octanol–water partition coefficient (Wildman–Crippen LogP) is -1.14. The van der Waals surface area contributed by atoms with Crippen molar-refractivity contribution in [2.24, 2.45) is 5.92 Å². The van der Waals surface area contributed by atoms with E-state index in [4.69, 9.17) is 23.7 Å². The summed E-state index contributed by atoms with van der Waals surface area (Å²) in [6.07, 6.45) is -8.39. The molecule has 0 saturated carbocycles. The maximum atomic E-state index is 12.7. The number of hydrogen-bond acceptors (Lipinski definition) is 14. The summed E-state index contributed by atoms with van der Waals surface area (Å²) in [5, 5.41) is 69.1. The lowest BCUT2D eigenvalue weighted by Gasteiger charge is -2.41. The molecule has 1 aromatic rings. The van der Waals surface area contributed by atoms with Gasteiger partial charge in [0, 0.05) is 11.5 Å². The van der Waals surface area contributed by atoms with Gasteiger partial charge in [0.2, 0.25) is 6.29 Å². The molecule has 2 aliphatic rings. The minimum Gasteiger partial charge on any atom is -0.504 e. The second-order valence-electron chi connectivity index (χ2n) is 8.86. The monoisotopic (exact) mass is 556 g/mol. The van der Waals surface area contributed by atoms with Gasteiger partial charge in [-0.1, -0.05) is 12.1 Å². The Hall–Kier alpha value is -3.24. The first-order chi connectivity index (χ1) is 18.5. The lowest BCUT2D eigenvalue weighted by molar-refractivity contribution is -0.327. The average molecular weight is 557 g/mol. The molecule has 1 aromatic carbocycles. The molecule has 0 aromatic heterocycles. The molecule has 0 spiro atoms. The van der Waals surface area contributed by atoms with Crippen LogP contribution in [0, 0.1) is 5.92 Å². The average Bonchev–Trinajstić information content (AvgIpc) is 2.93. The fourth-order valence-electron chi connectivity index (χ4n) is 4.17. The van der Waals surface area contributed by atoms with E-state index in [0.717, 1.165) is 19.4 Å². The summed E-state index contributed by atoms with van der Waals surface area (Å²) < 4.78 is 26.5. The molecule has 0 amide bonds. The maximum absolute atomic E-state index is 12.7. The third-order valence-corrected chi connectivity index (χ3v) is 6.39. The molecule has 2 heterocycles. The number of ether oxygens (including phenoxy) is 5. The summed E-state index contributed by atoms with van der Waals surface area (Å²) >= 11 is 0. The third-order valence-electron chi connectivity index (χ3n) is 6.39. The van der Waals surface area contributed by atoms with Crippen LogP contribution in [0.2, 0.25) is 0 Å². The van der Waals surface area contributed by atoms with E-state index in [-0.39, 0.29) is 22.5 Å². The number of hydrogen-bond donors (Lipinski definition) is 7. The summed E-state index contributed by atoms with van der Waals surface area (Å²) in [5.41, 5.74) is 0.359. The number of esters is 2. The fourth-order valence-corrected chi connectivity index (χ4v) is 4.17. The van der Waals surface area contributed by atoms with E-state index < -0.39 is 86.3 Å². The van der Waals surface area contributed by atoms with Gasteiger partial charge in [-0.15, -0.1) is 0 Å². The molecule has 0 aliphatic carbocycles. The summed E-state index contributed by atoms with van der Waals surface area (Å²) in [7, 11) is 1.13. The van der Waals surface area contributed by atoms with E-state index in [1.165, 1.54) is 18.2 Å². The second kappa shape index (κ2) is 13.2. The van der Waals surface area contributed by atoms with Crippen LogP contribution in [0.4, 0.5) is 0 Å². The minimum absolute atomic E-state index is 0.0554. The summed E-state index contributed by atoms with van der Waals surface area (Å²) in [4.78, 5) is 25.1. The van der Waals surface area contributed by atoms with Gasteiger partial charge in [-0.2, -0.15) is 0 Å². The van der Waals surface area contributed by atoms with Crippen LogP contribution in [-0.4, -0.2) is 105 Å². The summed E-state index contributed by atoms with van der Waals surface area (Å²) in [6.45, 7) is 0.394. The van der Waals surface area contributed by atoms with Crippen LogP contribution in [-0.2, 0) is 33.3 Å². The number of allylic oxidation sites excluding steroid dienone is 1. The van der Waals surface area contributed by atoms with Crippen molar-refractivity contribution in [3.63, 3.8) is 0 Å². The number of phenols is 2. The van der Waals surface area contributed by atoms with Gasteiger partial charge in [0.15, 0.2) is 17.8 Å². The van der Waals surface area contributed by atoms with Gasteiger partial charge in [0.05, 0.1) is 32.0 Å². The number of carbonyl (C=O) groups is 2. The number of phenolic OH excluding ortho intramolecular Hbond substituents is 2. The van der Waals surface area contributed by atoms with E-state index in [0.29, 0.717) is 0 Å². The Bertz CT molecular complexity index is 1080. The van der Waals surface area contributed by atoms with Gasteiger partial charge in [-0.3, -0.25) is 4.79 Å². The predicted molar refractivity (Wildman–Crippen MR) is 127 cm³/mol. The zero-order valence-corrected chi connectivity index (χ0v) is 21.1. The summed E-state index contributed by atoms with van der Waals surface area (Å²) in [6, 6.07) is 3.62. The molecule has 1 fully saturated rings. The number of aliphatic hydroxyl groups excluding tert-OH is 5. The quantitative estimate of drug-likeness (QED) is 0.109. The van der Waals surface area contributed by atoms with Gasteiger partial charge >= 0.3 is 11.9 Å². The third kappa shape index (κ3) is 6.86. The Morgan fingerprint density at radius 1 is 1.10 bits per heavy atom. The molecular weight excluding hydrogens is 524 g/mol. The standard InChI is InChI=1S/C25H32O14/c1-3-12-13(7-19(30)36-10-17(29)11-4-5-15(27)16(28)6-11)14(23(34)35-2)9-37-24(12)39-25-22(33)21(32)20(31)18(8-26)38-25/h3-6,9,13,17-18,20-22,24-29,31-33H,7-8,10H2,1-2H3/t13-,17+,18+,20+,21-,22+,24-,25-/m0/s1. The Labute approximate surface area is 222 Å². The molecular formula is C25H32O14. The van der Waals surface area contributed by atoms with Gasteiger partial charge in [0.1, 0.15) is 37.1 Å². The van der Waals surface area contributed by atoms with Gasteiger partial charge < -0.3 is 59.4 Å². The molecule has 1 saturated heterocycles. The van der Waals surface area contributed by atoms with Crippen molar-refractivity contribution in [3.8, 4) is 11.5 Å². The van der Waals surface area contributed by atoms with Crippen LogP contribution in [0.5, 0.6) is 11.5 Å². The normalized spacial score (nSPS) is 30.7. The van der Waals surface area contributed by atoms with E-state index in [1.54, 1.807) is 6.92 Å². The van der Waals surface area contributed by atoms with Crippen molar-refractivity contribution in [2.45, 2.75) is 56.4 Å². The highest BCUT2D eigenvalue weighted by atomic mass is 16.8. The van der Waals surface area contributed by atoms with Crippen molar-refractivity contribution in [1.29, 1.82) is 0 Å². The Balaban J connectivity index is 1.74. The van der Waals surface area contributed by atoms with Crippen LogP contribution in [0.25, 0.3) is 0 Å². The first kappa shape index (κ1) is 30.3. The highest BCUT2D eigenvalue weighted by molar-refractivity contribution is 5.90. The molecule has 216 valence electrons. The summed E-state index contributed by atoms with van der Waals surface area (Å²) in [5.74, 6) is -3.48. The van der Waals surface area contributed by atoms with E-state index in [1.807, 2.05) is 0 Å². The fraction of sp³-hybridized carbons (Fsp3) is 0.520. The van der Waals surface area contributed by atoms with Gasteiger partial charge in [-0.25, -0.2) is 4.79 Å². The molecule has 14 heteroatoms. The number of methoxy groups -OCH3 is 1. The van der Waals surface area contributed by atoms with Crippen LogP contribution in [0.3, 0.4) is 0 Å². The molecule has 0 radical (unpaired) electrons. The largest absolute Gasteiger partial charge is 0.504 e. The minimum atomic E-state index is -1.72. The molecule has 0 bridgehead atoms. The molecule has 8 atom stereocenters. The lowest BCUT2D eigenvalue weighted by Crippen LogP contribution is -2.60. The van der Waals surface area contributed by atoms with E-state index in [2.05, 4.69) is 0 Å². The van der Waals surface area contributed by atoms with Crippen LogP contribution in [0.1, 0.15) is 25.0 Å². The van der Waals surface area contributed by atoms with E-state index in [9.17, 15) is 45.3 Å². The number of carbonyl (C=O) groups excluding carboxylic acids is 2. The molecule has 7 N–H and O–H groups in total. The van der Waals surface area contributed by atoms with Gasteiger partial charge in [-0.05, 0) is 24.6 Å². The van der Waals surface area contributed by atoms with E-state index >= 15 is 0 Å².